The van der Waals surface area contributed by atoms with E-state index in [2.05, 4.69) is 21.2 Å². The largest absolute Gasteiger partial charge is 0.454 e. The van der Waals surface area contributed by atoms with Crippen molar-refractivity contribution < 1.29 is 18.7 Å². The second-order valence-corrected chi connectivity index (χ2v) is 6.14. The molecule has 124 valence electrons. The van der Waals surface area contributed by atoms with Gasteiger partial charge in [-0.05, 0) is 48.4 Å². The highest BCUT2D eigenvalue weighted by Gasteiger charge is 2.12. The Kier molecular flexibility index (Phi) is 5.15. The summed E-state index contributed by atoms with van der Waals surface area (Å²) in [6.45, 7) is 0.719. The topological polar surface area (TPSA) is 47.6 Å². The summed E-state index contributed by atoms with van der Waals surface area (Å²) in [5.74, 6) is 0.823. The van der Waals surface area contributed by atoms with Gasteiger partial charge < -0.3 is 14.8 Å². The van der Waals surface area contributed by atoms with Gasteiger partial charge in [0.15, 0.2) is 11.5 Å². The number of nitrogens with one attached hydrogen (secondary N) is 1. The summed E-state index contributed by atoms with van der Waals surface area (Å²) in [7, 11) is 0. The van der Waals surface area contributed by atoms with Crippen molar-refractivity contribution >= 4 is 27.9 Å². The SMILES string of the molecule is O=C(/C=C/c1cc(Br)ccc1F)NCCc1ccc2c(c1)OCO2. The zero-order valence-corrected chi connectivity index (χ0v) is 14.3. The number of fused-ring (bicyclic) bond motifs is 1. The van der Waals surface area contributed by atoms with E-state index < -0.39 is 0 Å². The molecule has 0 saturated heterocycles. The predicted octanol–water partition coefficient (Wildman–Crippen LogP) is 3.69. The van der Waals surface area contributed by atoms with E-state index in [9.17, 15) is 9.18 Å². The molecule has 2 aromatic rings. The summed E-state index contributed by atoms with van der Waals surface area (Å²) in [5.41, 5.74) is 1.40. The summed E-state index contributed by atoms with van der Waals surface area (Å²) >= 11 is 3.27. The molecule has 1 aliphatic rings. The van der Waals surface area contributed by atoms with Gasteiger partial charge in [-0.1, -0.05) is 22.0 Å². The first-order valence-corrected chi connectivity index (χ1v) is 8.20. The van der Waals surface area contributed by atoms with E-state index in [1.54, 1.807) is 12.1 Å². The van der Waals surface area contributed by atoms with Gasteiger partial charge in [0.05, 0.1) is 0 Å². The molecule has 2 aromatic carbocycles. The zero-order chi connectivity index (χ0) is 16.9. The highest BCUT2D eigenvalue weighted by molar-refractivity contribution is 9.10. The molecule has 0 fully saturated rings. The quantitative estimate of drug-likeness (QED) is 0.790. The first kappa shape index (κ1) is 16.5. The Morgan fingerprint density at radius 1 is 1.21 bits per heavy atom. The third kappa shape index (κ3) is 4.14. The van der Waals surface area contributed by atoms with Gasteiger partial charge in [-0.2, -0.15) is 0 Å². The molecular weight excluding hydrogens is 377 g/mol. The zero-order valence-electron chi connectivity index (χ0n) is 12.7. The number of carbonyl (C=O) groups excluding carboxylic acids is 1. The Balaban J connectivity index is 1.50. The first-order valence-electron chi connectivity index (χ1n) is 7.41. The van der Waals surface area contributed by atoms with Crippen molar-refractivity contribution in [3.05, 3.63) is 63.9 Å². The van der Waals surface area contributed by atoms with E-state index in [1.807, 2.05) is 18.2 Å². The Morgan fingerprint density at radius 2 is 2.04 bits per heavy atom. The fraction of sp³-hybridized carbons (Fsp3) is 0.167. The van der Waals surface area contributed by atoms with E-state index >= 15 is 0 Å². The minimum atomic E-state index is -0.373. The molecule has 0 radical (unpaired) electrons. The second-order valence-electron chi connectivity index (χ2n) is 5.23. The van der Waals surface area contributed by atoms with E-state index in [-0.39, 0.29) is 18.5 Å². The maximum absolute atomic E-state index is 13.6. The molecule has 0 aromatic heterocycles. The van der Waals surface area contributed by atoms with Crippen molar-refractivity contribution in [3.63, 3.8) is 0 Å². The third-order valence-corrected chi connectivity index (χ3v) is 4.02. The molecule has 0 aliphatic carbocycles. The van der Waals surface area contributed by atoms with Gasteiger partial charge in [-0.15, -0.1) is 0 Å². The monoisotopic (exact) mass is 391 g/mol. The van der Waals surface area contributed by atoms with E-state index in [1.165, 1.54) is 18.2 Å². The van der Waals surface area contributed by atoms with Crippen LogP contribution in [0.25, 0.3) is 6.08 Å². The number of halogens is 2. The molecular formula is C18H15BrFNO3. The lowest BCUT2D eigenvalue weighted by molar-refractivity contribution is -0.116. The van der Waals surface area contributed by atoms with E-state index in [0.29, 0.717) is 18.5 Å². The molecule has 0 bridgehead atoms. The van der Waals surface area contributed by atoms with Crippen molar-refractivity contribution in [2.45, 2.75) is 6.42 Å². The summed E-state index contributed by atoms with van der Waals surface area (Å²) in [6, 6.07) is 10.3. The van der Waals surface area contributed by atoms with Crippen LogP contribution in [-0.2, 0) is 11.2 Å². The van der Waals surface area contributed by atoms with E-state index in [4.69, 9.17) is 9.47 Å². The Morgan fingerprint density at radius 3 is 2.92 bits per heavy atom. The standard InChI is InChI=1S/C18H15BrFNO3/c19-14-3-4-15(20)13(10-14)2-6-18(22)21-8-7-12-1-5-16-17(9-12)24-11-23-16/h1-6,9-10H,7-8,11H2,(H,21,22)/b6-2+. The van der Waals surface area contributed by atoms with Gasteiger partial charge in [0.1, 0.15) is 5.82 Å². The van der Waals surface area contributed by atoms with Gasteiger partial charge in [0, 0.05) is 22.7 Å². The van der Waals surface area contributed by atoms with Crippen LogP contribution < -0.4 is 14.8 Å². The average Bonchev–Trinajstić information content (AvgIpc) is 3.03. The van der Waals surface area contributed by atoms with Crippen LogP contribution in [0.1, 0.15) is 11.1 Å². The highest BCUT2D eigenvalue weighted by atomic mass is 79.9. The van der Waals surface area contributed by atoms with Crippen LogP contribution in [0.15, 0.2) is 46.9 Å². The number of ether oxygens (including phenoxy) is 2. The number of hydrogen-bond donors (Lipinski definition) is 1. The van der Waals surface area contributed by atoms with Crippen molar-refractivity contribution in [1.82, 2.24) is 5.32 Å². The lowest BCUT2D eigenvalue weighted by atomic mass is 10.1. The van der Waals surface area contributed by atoms with Crippen LogP contribution in [-0.4, -0.2) is 19.2 Å². The molecule has 3 rings (SSSR count). The molecule has 4 nitrogen and oxygen atoms in total. The van der Waals surface area contributed by atoms with Crippen LogP contribution in [0.5, 0.6) is 11.5 Å². The predicted molar refractivity (Wildman–Crippen MR) is 92.4 cm³/mol. The van der Waals surface area contributed by atoms with Crippen LogP contribution in [0.2, 0.25) is 0 Å². The fourth-order valence-corrected chi connectivity index (χ4v) is 2.67. The van der Waals surface area contributed by atoms with E-state index in [0.717, 1.165) is 21.5 Å². The minimum absolute atomic E-state index is 0.243. The fourth-order valence-electron chi connectivity index (χ4n) is 2.29. The average molecular weight is 392 g/mol. The summed E-state index contributed by atoms with van der Waals surface area (Å²) in [4.78, 5) is 11.8. The first-order chi connectivity index (χ1) is 11.6. The molecule has 0 unspecified atom stereocenters. The van der Waals surface area contributed by atoms with Crippen molar-refractivity contribution in [2.75, 3.05) is 13.3 Å². The molecule has 1 amide bonds. The number of benzene rings is 2. The molecule has 0 saturated carbocycles. The summed E-state index contributed by atoms with van der Waals surface area (Å²) in [6.07, 6.45) is 3.45. The third-order valence-electron chi connectivity index (χ3n) is 3.52. The normalized spacial score (nSPS) is 12.6. The van der Waals surface area contributed by atoms with Crippen LogP contribution in [0, 0.1) is 5.82 Å². The number of rotatable bonds is 5. The number of hydrogen-bond acceptors (Lipinski definition) is 3. The summed E-state index contributed by atoms with van der Waals surface area (Å²) in [5, 5.41) is 2.77. The van der Waals surface area contributed by atoms with Gasteiger partial charge >= 0.3 is 0 Å². The lowest BCUT2D eigenvalue weighted by Gasteiger charge is -2.04. The Bertz CT molecular complexity index is 792. The molecule has 0 atom stereocenters. The highest BCUT2D eigenvalue weighted by Crippen LogP contribution is 2.32. The van der Waals surface area contributed by atoms with Crippen molar-refractivity contribution in [2.24, 2.45) is 0 Å². The molecule has 1 N–H and O–H groups in total. The molecule has 0 spiro atoms. The van der Waals surface area contributed by atoms with Crippen LogP contribution in [0.3, 0.4) is 0 Å². The van der Waals surface area contributed by atoms with Gasteiger partial charge in [-0.25, -0.2) is 4.39 Å². The van der Waals surface area contributed by atoms with Crippen molar-refractivity contribution in [3.8, 4) is 11.5 Å². The Labute approximate surface area is 147 Å². The molecule has 24 heavy (non-hydrogen) atoms. The smallest absolute Gasteiger partial charge is 0.244 e. The number of amides is 1. The van der Waals surface area contributed by atoms with Crippen LogP contribution >= 0.6 is 15.9 Å². The van der Waals surface area contributed by atoms with Gasteiger partial charge in [-0.3, -0.25) is 4.79 Å². The lowest BCUT2D eigenvalue weighted by Crippen LogP contribution is -2.23. The summed E-state index contributed by atoms with van der Waals surface area (Å²) < 4.78 is 24.9. The maximum atomic E-state index is 13.6. The van der Waals surface area contributed by atoms with Crippen LogP contribution in [0.4, 0.5) is 4.39 Å². The van der Waals surface area contributed by atoms with Gasteiger partial charge in [0.2, 0.25) is 12.7 Å². The number of carbonyl (C=O) groups is 1. The molecule has 1 aliphatic heterocycles. The van der Waals surface area contributed by atoms with Crippen molar-refractivity contribution in [1.29, 1.82) is 0 Å². The maximum Gasteiger partial charge on any atom is 0.244 e. The minimum Gasteiger partial charge on any atom is -0.454 e. The second kappa shape index (κ2) is 7.49. The molecule has 6 heteroatoms. The molecule has 1 heterocycles. The van der Waals surface area contributed by atoms with Gasteiger partial charge in [0.25, 0.3) is 0 Å². The Hall–Kier alpha value is -2.34.